The predicted molar refractivity (Wildman–Crippen MR) is 60.7 cm³/mol. The van der Waals surface area contributed by atoms with E-state index in [0.717, 1.165) is 21.7 Å². The van der Waals surface area contributed by atoms with Gasteiger partial charge in [0, 0.05) is 22.1 Å². The first kappa shape index (κ1) is 9.46. The molecule has 0 aliphatic rings. The molecular formula is C11H11BrN2. The number of benzene rings is 1. The smallest absolute Gasteiger partial charge is 0.110 e. The third-order valence-corrected chi connectivity index (χ3v) is 2.73. The number of nitrogens with zero attached hydrogens (tertiary/aromatic N) is 2. The van der Waals surface area contributed by atoms with E-state index in [9.17, 15) is 0 Å². The summed E-state index contributed by atoms with van der Waals surface area (Å²) in [6.45, 7) is 4.07. The number of hydrogen-bond donors (Lipinski definition) is 0. The molecule has 3 heteroatoms. The van der Waals surface area contributed by atoms with Crippen LogP contribution in [-0.4, -0.2) is 9.55 Å². The molecule has 0 amide bonds. The van der Waals surface area contributed by atoms with Gasteiger partial charge in [-0.2, -0.15) is 0 Å². The molecule has 1 aromatic carbocycles. The maximum atomic E-state index is 4.27. The Labute approximate surface area is 91.7 Å². The van der Waals surface area contributed by atoms with Crippen LogP contribution in [0, 0.1) is 13.8 Å². The lowest BCUT2D eigenvalue weighted by Gasteiger charge is -2.07. The average molecular weight is 251 g/mol. The highest BCUT2D eigenvalue weighted by molar-refractivity contribution is 9.10. The SMILES string of the molecule is Cc1cnc(C)n1-c1ccc(Br)cc1. The molecule has 0 N–H and O–H groups in total. The van der Waals surface area contributed by atoms with Gasteiger partial charge in [0.1, 0.15) is 5.82 Å². The van der Waals surface area contributed by atoms with Crippen molar-refractivity contribution in [3.05, 3.63) is 46.5 Å². The van der Waals surface area contributed by atoms with E-state index < -0.39 is 0 Å². The van der Waals surface area contributed by atoms with Crippen LogP contribution in [0.5, 0.6) is 0 Å². The third-order valence-electron chi connectivity index (χ3n) is 2.20. The van der Waals surface area contributed by atoms with Gasteiger partial charge in [-0.1, -0.05) is 15.9 Å². The summed E-state index contributed by atoms with van der Waals surface area (Å²) in [5.74, 6) is 1.02. The Morgan fingerprint density at radius 1 is 1.14 bits per heavy atom. The second-order valence-electron chi connectivity index (χ2n) is 3.26. The van der Waals surface area contributed by atoms with Crippen molar-refractivity contribution >= 4 is 15.9 Å². The van der Waals surface area contributed by atoms with E-state index in [1.165, 1.54) is 0 Å². The lowest BCUT2D eigenvalue weighted by Crippen LogP contribution is -1.98. The molecule has 1 aromatic heterocycles. The minimum atomic E-state index is 1.02. The molecule has 0 atom stereocenters. The van der Waals surface area contributed by atoms with Crippen molar-refractivity contribution in [2.45, 2.75) is 13.8 Å². The largest absolute Gasteiger partial charge is 0.301 e. The summed E-state index contributed by atoms with van der Waals surface area (Å²) >= 11 is 3.42. The fourth-order valence-corrected chi connectivity index (χ4v) is 1.80. The molecule has 0 bridgehead atoms. The van der Waals surface area contributed by atoms with Gasteiger partial charge in [-0.3, -0.25) is 0 Å². The van der Waals surface area contributed by atoms with Crippen LogP contribution >= 0.6 is 15.9 Å². The first-order chi connectivity index (χ1) is 6.68. The Kier molecular flexibility index (Phi) is 2.42. The van der Waals surface area contributed by atoms with Crippen molar-refractivity contribution in [2.24, 2.45) is 0 Å². The van der Waals surface area contributed by atoms with Crippen molar-refractivity contribution in [1.82, 2.24) is 9.55 Å². The summed E-state index contributed by atoms with van der Waals surface area (Å²) < 4.78 is 3.23. The van der Waals surface area contributed by atoms with Crippen molar-refractivity contribution in [1.29, 1.82) is 0 Å². The molecule has 14 heavy (non-hydrogen) atoms. The first-order valence-corrected chi connectivity index (χ1v) is 5.24. The van der Waals surface area contributed by atoms with E-state index >= 15 is 0 Å². The van der Waals surface area contributed by atoms with Gasteiger partial charge >= 0.3 is 0 Å². The molecule has 0 aliphatic heterocycles. The number of rotatable bonds is 1. The Morgan fingerprint density at radius 3 is 2.29 bits per heavy atom. The molecule has 0 radical (unpaired) electrons. The Bertz CT molecular complexity index is 423. The Balaban J connectivity index is 2.54. The topological polar surface area (TPSA) is 17.8 Å². The molecule has 2 nitrogen and oxygen atoms in total. The molecule has 0 saturated heterocycles. The summed E-state index contributed by atoms with van der Waals surface area (Å²) in [5.41, 5.74) is 2.31. The van der Waals surface area contributed by atoms with Crippen molar-refractivity contribution < 1.29 is 0 Å². The van der Waals surface area contributed by atoms with E-state index in [0.29, 0.717) is 0 Å². The molecule has 0 unspecified atom stereocenters. The van der Waals surface area contributed by atoms with Gasteiger partial charge in [0.05, 0.1) is 0 Å². The number of imidazole rings is 1. The number of aryl methyl sites for hydroxylation is 2. The summed E-state index contributed by atoms with van der Waals surface area (Å²) in [6.07, 6.45) is 1.89. The average Bonchev–Trinajstić information content (AvgIpc) is 2.49. The summed E-state index contributed by atoms with van der Waals surface area (Å²) in [7, 11) is 0. The quantitative estimate of drug-likeness (QED) is 0.760. The molecule has 0 fully saturated rings. The van der Waals surface area contributed by atoms with E-state index in [4.69, 9.17) is 0 Å². The Hall–Kier alpha value is -1.09. The number of hydrogen-bond acceptors (Lipinski definition) is 1. The number of aromatic nitrogens is 2. The fourth-order valence-electron chi connectivity index (χ4n) is 1.54. The zero-order valence-corrected chi connectivity index (χ0v) is 9.75. The standard InChI is InChI=1S/C11H11BrN2/c1-8-7-13-9(2)14(8)11-5-3-10(12)4-6-11/h3-7H,1-2H3. The van der Waals surface area contributed by atoms with Crippen molar-refractivity contribution in [3.8, 4) is 5.69 Å². The van der Waals surface area contributed by atoms with E-state index in [-0.39, 0.29) is 0 Å². The second-order valence-corrected chi connectivity index (χ2v) is 4.17. The van der Waals surface area contributed by atoms with Gasteiger partial charge in [0.2, 0.25) is 0 Å². The summed E-state index contributed by atoms with van der Waals surface area (Å²) in [6, 6.07) is 8.22. The van der Waals surface area contributed by atoms with Crippen molar-refractivity contribution in [3.63, 3.8) is 0 Å². The molecule has 2 rings (SSSR count). The first-order valence-electron chi connectivity index (χ1n) is 4.45. The molecule has 72 valence electrons. The lowest BCUT2D eigenvalue weighted by molar-refractivity contribution is 0.940. The van der Waals surface area contributed by atoms with E-state index in [2.05, 4.69) is 44.5 Å². The van der Waals surface area contributed by atoms with Crippen LogP contribution in [-0.2, 0) is 0 Å². The van der Waals surface area contributed by atoms with Crippen LogP contribution in [0.25, 0.3) is 5.69 Å². The molecular weight excluding hydrogens is 240 g/mol. The van der Waals surface area contributed by atoms with Crippen LogP contribution in [0.3, 0.4) is 0 Å². The van der Waals surface area contributed by atoms with Gasteiger partial charge in [-0.25, -0.2) is 4.98 Å². The minimum Gasteiger partial charge on any atom is -0.301 e. The maximum Gasteiger partial charge on any atom is 0.110 e. The molecule has 0 spiro atoms. The van der Waals surface area contributed by atoms with E-state index in [1.54, 1.807) is 0 Å². The highest BCUT2D eigenvalue weighted by atomic mass is 79.9. The van der Waals surface area contributed by atoms with Crippen molar-refractivity contribution in [2.75, 3.05) is 0 Å². The number of halogens is 1. The van der Waals surface area contributed by atoms with Gasteiger partial charge < -0.3 is 4.57 Å². The van der Waals surface area contributed by atoms with E-state index in [1.807, 2.05) is 25.3 Å². The zero-order valence-electron chi connectivity index (χ0n) is 8.16. The lowest BCUT2D eigenvalue weighted by atomic mass is 10.3. The van der Waals surface area contributed by atoms with Gasteiger partial charge in [-0.15, -0.1) is 0 Å². The van der Waals surface area contributed by atoms with Crippen LogP contribution in [0.4, 0.5) is 0 Å². The third kappa shape index (κ3) is 1.60. The highest BCUT2D eigenvalue weighted by Crippen LogP contribution is 2.17. The highest BCUT2D eigenvalue weighted by Gasteiger charge is 2.03. The van der Waals surface area contributed by atoms with Crippen LogP contribution < -0.4 is 0 Å². The fraction of sp³-hybridized carbons (Fsp3) is 0.182. The zero-order chi connectivity index (χ0) is 10.1. The summed E-state index contributed by atoms with van der Waals surface area (Å²) in [4.78, 5) is 4.27. The van der Waals surface area contributed by atoms with Gasteiger partial charge in [0.25, 0.3) is 0 Å². The van der Waals surface area contributed by atoms with Crippen LogP contribution in [0.1, 0.15) is 11.5 Å². The van der Waals surface area contributed by atoms with Gasteiger partial charge in [0.15, 0.2) is 0 Å². The second kappa shape index (κ2) is 3.58. The molecule has 0 aliphatic carbocycles. The summed E-state index contributed by atoms with van der Waals surface area (Å²) in [5, 5.41) is 0. The normalized spacial score (nSPS) is 10.5. The molecule has 2 aromatic rings. The maximum absolute atomic E-state index is 4.27. The molecule has 0 saturated carbocycles. The predicted octanol–water partition coefficient (Wildman–Crippen LogP) is 3.25. The Morgan fingerprint density at radius 2 is 1.79 bits per heavy atom. The molecule has 1 heterocycles. The monoisotopic (exact) mass is 250 g/mol. The minimum absolute atomic E-state index is 1.02. The van der Waals surface area contributed by atoms with Crippen LogP contribution in [0.15, 0.2) is 34.9 Å². The van der Waals surface area contributed by atoms with Gasteiger partial charge in [-0.05, 0) is 38.1 Å². The van der Waals surface area contributed by atoms with Crippen LogP contribution in [0.2, 0.25) is 0 Å².